The van der Waals surface area contributed by atoms with Gasteiger partial charge >= 0.3 is 0 Å². The van der Waals surface area contributed by atoms with E-state index in [4.69, 9.17) is 9.47 Å². The molecule has 5 nitrogen and oxygen atoms in total. The van der Waals surface area contributed by atoms with Crippen LogP contribution in [0, 0.1) is 0 Å². The molecule has 1 N–H and O–H groups in total. The van der Waals surface area contributed by atoms with Gasteiger partial charge < -0.3 is 14.8 Å². The second kappa shape index (κ2) is 7.38. The minimum Gasteiger partial charge on any atom is -0.381 e. The lowest BCUT2D eigenvalue weighted by Gasteiger charge is -2.42. The van der Waals surface area contributed by atoms with Gasteiger partial charge in [-0.25, -0.2) is 0 Å². The fraction of sp³-hybridized carbons (Fsp3) is 0.812. The maximum absolute atomic E-state index is 5.94. The van der Waals surface area contributed by atoms with E-state index in [1.165, 1.54) is 11.4 Å². The topological polar surface area (TPSA) is 48.3 Å². The van der Waals surface area contributed by atoms with E-state index in [-0.39, 0.29) is 11.6 Å². The molecule has 0 amide bonds. The van der Waals surface area contributed by atoms with Gasteiger partial charge in [-0.15, -0.1) is 0 Å². The van der Waals surface area contributed by atoms with Crippen LogP contribution in [-0.2, 0) is 28.9 Å². The van der Waals surface area contributed by atoms with Gasteiger partial charge in [-0.3, -0.25) is 4.68 Å². The average molecular weight is 295 g/mol. The third-order valence-electron chi connectivity index (χ3n) is 4.72. The Balaban J connectivity index is 2.19. The number of aryl methyl sites for hydroxylation is 2. The number of hydrogen-bond acceptors (Lipinski definition) is 4. The van der Waals surface area contributed by atoms with Crippen molar-refractivity contribution in [2.24, 2.45) is 0 Å². The molecule has 1 saturated heterocycles. The van der Waals surface area contributed by atoms with Crippen LogP contribution in [-0.4, -0.2) is 48.8 Å². The van der Waals surface area contributed by atoms with E-state index >= 15 is 0 Å². The molecule has 1 aromatic rings. The zero-order chi connectivity index (χ0) is 15.3. The number of aromatic nitrogens is 2. The number of hydrogen-bond donors (Lipinski definition) is 1. The fourth-order valence-electron chi connectivity index (χ4n) is 3.30. The van der Waals surface area contributed by atoms with E-state index in [2.05, 4.69) is 35.0 Å². The van der Waals surface area contributed by atoms with Gasteiger partial charge in [0.25, 0.3) is 0 Å². The van der Waals surface area contributed by atoms with Gasteiger partial charge in [0.05, 0.1) is 11.3 Å². The molecule has 0 saturated carbocycles. The Morgan fingerprint density at radius 1 is 1.43 bits per heavy atom. The van der Waals surface area contributed by atoms with E-state index < -0.39 is 0 Å². The smallest absolute Gasteiger partial charge is 0.0878 e. The third-order valence-corrected chi connectivity index (χ3v) is 4.72. The number of likely N-dealkylation sites (N-methyl/N-ethyl adjacent to an activating group) is 1. The Morgan fingerprint density at radius 3 is 2.67 bits per heavy atom. The van der Waals surface area contributed by atoms with Crippen LogP contribution in [0.2, 0.25) is 0 Å². The lowest BCUT2D eigenvalue weighted by Crippen LogP contribution is -2.55. The summed E-state index contributed by atoms with van der Waals surface area (Å²) in [6, 6.07) is 2.51. The molecule has 2 rings (SSSR count). The molecule has 5 heteroatoms. The third kappa shape index (κ3) is 3.47. The molecule has 1 aliphatic rings. The second-order valence-corrected chi connectivity index (χ2v) is 5.72. The highest BCUT2D eigenvalue weighted by Gasteiger charge is 2.40. The summed E-state index contributed by atoms with van der Waals surface area (Å²) >= 11 is 0. The molecule has 21 heavy (non-hydrogen) atoms. The maximum atomic E-state index is 5.94. The van der Waals surface area contributed by atoms with Crippen molar-refractivity contribution in [3.8, 4) is 0 Å². The highest BCUT2D eigenvalue weighted by atomic mass is 16.5. The first-order chi connectivity index (χ1) is 10.2. The van der Waals surface area contributed by atoms with Gasteiger partial charge in [-0.05, 0) is 26.5 Å². The molecule has 120 valence electrons. The summed E-state index contributed by atoms with van der Waals surface area (Å²) in [6.45, 7) is 6.76. The fourth-order valence-corrected chi connectivity index (χ4v) is 3.30. The Morgan fingerprint density at radius 2 is 2.14 bits per heavy atom. The predicted octanol–water partition coefficient (Wildman–Crippen LogP) is 1.79. The normalized spacial score (nSPS) is 19.6. The van der Waals surface area contributed by atoms with Crippen LogP contribution in [0.3, 0.4) is 0 Å². The van der Waals surface area contributed by atoms with E-state index in [0.29, 0.717) is 0 Å². The average Bonchev–Trinajstić information content (AvgIpc) is 2.95. The van der Waals surface area contributed by atoms with Gasteiger partial charge in [0.1, 0.15) is 0 Å². The van der Waals surface area contributed by atoms with Crippen LogP contribution in [0.5, 0.6) is 0 Å². The summed E-state index contributed by atoms with van der Waals surface area (Å²) < 4.78 is 13.6. The van der Waals surface area contributed by atoms with Crippen LogP contribution in [0.1, 0.15) is 38.1 Å². The van der Waals surface area contributed by atoms with Crippen LogP contribution in [0.25, 0.3) is 0 Å². The SMILES string of the molecule is CCc1cc(CC(NC)C2(OC)CCOCC2)n(CC)n1. The first kappa shape index (κ1) is 16.5. The van der Waals surface area contributed by atoms with Crippen molar-refractivity contribution in [1.29, 1.82) is 0 Å². The molecule has 1 aliphatic heterocycles. The Hall–Kier alpha value is -0.910. The number of nitrogens with zero attached hydrogens (tertiary/aromatic N) is 2. The van der Waals surface area contributed by atoms with Crippen molar-refractivity contribution >= 4 is 0 Å². The molecule has 1 aromatic heterocycles. The van der Waals surface area contributed by atoms with Crippen molar-refractivity contribution in [3.05, 3.63) is 17.5 Å². The quantitative estimate of drug-likeness (QED) is 0.833. The molecule has 0 bridgehead atoms. The number of rotatable bonds is 7. The highest BCUT2D eigenvalue weighted by Crippen LogP contribution is 2.30. The van der Waals surface area contributed by atoms with Crippen molar-refractivity contribution in [1.82, 2.24) is 15.1 Å². The molecular weight excluding hydrogens is 266 g/mol. The molecule has 0 aromatic carbocycles. The van der Waals surface area contributed by atoms with Crippen molar-refractivity contribution < 1.29 is 9.47 Å². The molecular formula is C16H29N3O2. The van der Waals surface area contributed by atoms with Gasteiger partial charge in [-0.2, -0.15) is 5.10 Å². The summed E-state index contributed by atoms with van der Waals surface area (Å²) in [5.41, 5.74) is 2.32. The number of ether oxygens (including phenoxy) is 2. The Kier molecular flexibility index (Phi) is 5.79. The summed E-state index contributed by atoms with van der Waals surface area (Å²) in [6.07, 6.45) is 3.80. The van der Waals surface area contributed by atoms with Crippen LogP contribution < -0.4 is 5.32 Å². The highest BCUT2D eigenvalue weighted by molar-refractivity contribution is 5.14. The van der Waals surface area contributed by atoms with Crippen LogP contribution >= 0.6 is 0 Å². The summed E-state index contributed by atoms with van der Waals surface area (Å²) in [4.78, 5) is 0. The standard InChI is InChI=1S/C16H29N3O2/c1-5-13-11-14(19(6-2)18-13)12-15(17-3)16(20-4)7-9-21-10-8-16/h11,15,17H,5-10,12H2,1-4H3. The first-order valence-corrected chi connectivity index (χ1v) is 8.04. The van der Waals surface area contributed by atoms with Gasteiger partial charge in [0.15, 0.2) is 0 Å². The minimum absolute atomic E-state index is 0.137. The molecule has 1 atom stereocenters. The molecule has 2 heterocycles. The van der Waals surface area contributed by atoms with Gasteiger partial charge in [0.2, 0.25) is 0 Å². The van der Waals surface area contributed by atoms with Crippen LogP contribution in [0.15, 0.2) is 6.07 Å². The molecule has 0 spiro atoms. The lowest BCUT2D eigenvalue weighted by atomic mass is 9.83. The molecule has 1 fully saturated rings. The van der Waals surface area contributed by atoms with E-state index in [1.807, 2.05) is 14.2 Å². The first-order valence-electron chi connectivity index (χ1n) is 8.04. The van der Waals surface area contributed by atoms with Crippen molar-refractivity contribution in [2.75, 3.05) is 27.4 Å². The zero-order valence-electron chi connectivity index (χ0n) is 13.8. The number of nitrogens with one attached hydrogen (secondary N) is 1. The van der Waals surface area contributed by atoms with E-state index in [9.17, 15) is 0 Å². The van der Waals surface area contributed by atoms with Crippen LogP contribution in [0.4, 0.5) is 0 Å². The van der Waals surface area contributed by atoms with E-state index in [1.54, 1.807) is 0 Å². The predicted molar refractivity (Wildman–Crippen MR) is 83.6 cm³/mol. The molecule has 0 aliphatic carbocycles. The Labute approximate surface area is 128 Å². The zero-order valence-corrected chi connectivity index (χ0v) is 13.8. The maximum Gasteiger partial charge on any atom is 0.0878 e. The Bertz CT molecular complexity index is 439. The molecule has 0 radical (unpaired) electrons. The van der Waals surface area contributed by atoms with Crippen molar-refractivity contribution in [2.45, 2.75) is 57.7 Å². The van der Waals surface area contributed by atoms with Crippen molar-refractivity contribution in [3.63, 3.8) is 0 Å². The lowest BCUT2D eigenvalue weighted by molar-refractivity contribution is -0.109. The van der Waals surface area contributed by atoms with Gasteiger partial charge in [0, 0.05) is 57.9 Å². The monoisotopic (exact) mass is 295 g/mol. The van der Waals surface area contributed by atoms with E-state index in [0.717, 1.165) is 45.4 Å². The summed E-state index contributed by atoms with van der Waals surface area (Å²) in [7, 11) is 3.85. The summed E-state index contributed by atoms with van der Waals surface area (Å²) in [5.74, 6) is 0. The van der Waals surface area contributed by atoms with Gasteiger partial charge in [-0.1, -0.05) is 6.92 Å². The second-order valence-electron chi connectivity index (χ2n) is 5.72. The molecule has 1 unspecified atom stereocenters. The number of methoxy groups -OCH3 is 1. The summed E-state index contributed by atoms with van der Waals surface area (Å²) in [5, 5.41) is 8.12. The minimum atomic E-state index is -0.137. The largest absolute Gasteiger partial charge is 0.381 e.